The molecule has 0 fully saturated rings. The topological polar surface area (TPSA) is 49.8 Å². The molecule has 0 saturated heterocycles. The highest BCUT2D eigenvalue weighted by molar-refractivity contribution is 5.67. The fourth-order valence-electron chi connectivity index (χ4n) is 1.88. The largest absolute Gasteiger partial charge is 0.444 e. The van der Waals surface area contributed by atoms with E-state index < -0.39 is 17.8 Å². The highest BCUT2D eigenvalue weighted by Gasteiger charge is 2.21. The zero-order valence-electron chi connectivity index (χ0n) is 13.9. The van der Waals surface area contributed by atoms with Crippen molar-refractivity contribution in [2.75, 3.05) is 13.6 Å². The molecule has 0 aliphatic rings. The zero-order valence-corrected chi connectivity index (χ0v) is 13.9. The monoisotopic (exact) mass is 293 g/mol. The maximum Gasteiger partial charge on any atom is 0.410 e. The zero-order chi connectivity index (χ0) is 16.2. The Balaban J connectivity index is 2.63. The van der Waals surface area contributed by atoms with Crippen molar-refractivity contribution in [2.45, 2.75) is 52.2 Å². The Kier molecular flexibility index (Phi) is 5.78. The lowest BCUT2D eigenvalue weighted by Gasteiger charge is -2.26. The molecular weight excluding hydrogens is 266 g/mol. The van der Waals surface area contributed by atoms with E-state index in [9.17, 15) is 9.90 Å². The third-order valence-corrected chi connectivity index (χ3v) is 3.14. The van der Waals surface area contributed by atoms with E-state index in [1.54, 1.807) is 7.05 Å². The van der Waals surface area contributed by atoms with Gasteiger partial charge < -0.3 is 14.7 Å². The number of likely N-dealkylation sites (N-methyl/N-ethyl adjacent to an activating group) is 1. The van der Waals surface area contributed by atoms with Crippen molar-refractivity contribution in [1.82, 2.24) is 4.90 Å². The first-order chi connectivity index (χ1) is 9.60. The average molecular weight is 293 g/mol. The first-order valence-electron chi connectivity index (χ1n) is 7.32. The summed E-state index contributed by atoms with van der Waals surface area (Å²) >= 11 is 0. The number of ether oxygens (including phenoxy) is 1. The molecule has 1 amide bonds. The second-order valence-corrected chi connectivity index (χ2v) is 6.70. The third kappa shape index (κ3) is 5.76. The van der Waals surface area contributed by atoms with E-state index in [1.165, 1.54) is 10.5 Å². The van der Waals surface area contributed by atoms with Crippen molar-refractivity contribution in [3.63, 3.8) is 0 Å². The van der Waals surface area contributed by atoms with Gasteiger partial charge in [0.2, 0.25) is 0 Å². The molecule has 0 aliphatic heterocycles. The number of benzene rings is 1. The van der Waals surface area contributed by atoms with E-state index in [0.717, 1.165) is 5.56 Å². The number of nitrogens with zero attached hydrogens (tertiary/aromatic N) is 1. The minimum atomic E-state index is -0.719. The van der Waals surface area contributed by atoms with Crippen molar-refractivity contribution in [1.29, 1.82) is 0 Å². The second-order valence-electron chi connectivity index (χ2n) is 6.70. The lowest BCUT2D eigenvalue weighted by molar-refractivity contribution is 0.0205. The minimum Gasteiger partial charge on any atom is -0.444 e. The van der Waals surface area contributed by atoms with Crippen LogP contribution < -0.4 is 0 Å². The average Bonchev–Trinajstić information content (AvgIpc) is 2.36. The summed E-state index contributed by atoms with van der Waals surface area (Å²) in [5.74, 6) is 0.459. The lowest BCUT2D eigenvalue weighted by atomic mass is 10.00. The Morgan fingerprint density at radius 3 is 2.10 bits per heavy atom. The van der Waals surface area contributed by atoms with E-state index in [-0.39, 0.29) is 6.54 Å². The highest BCUT2D eigenvalue weighted by atomic mass is 16.6. The van der Waals surface area contributed by atoms with Crippen molar-refractivity contribution >= 4 is 6.09 Å². The van der Waals surface area contributed by atoms with Crippen molar-refractivity contribution in [3.05, 3.63) is 35.4 Å². The first kappa shape index (κ1) is 17.5. The van der Waals surface area contributed by atoms with Crippen LogP contribution in [0.4, 0.5) is 4.79 Å². The number of amides is 1. The van der Waals surface area contributed by atoms with Gasteiger partial charge in [0, 0.05) is 7.05 Å². The van der Waals surface area contributed by atoms with Gasteiger partial charge in [0.15, 0.2) is 0 Å². The number of carbonyl (C=O) groups excluding carboxylic acids is 1. The molecule has 0 bridgehead atoms. The first-order valence-corrected chi connectivity index (χ1v) is 7.32. The fraction of sp³-hybridized carbons (Fsp3) is 0.588. The number of hydrogen-bond donors (Lipinski definition) is 1. The predicted molar refractivity (Wildman–Crippen MR) is 84.4 cm³/mol. The van der Waals surface area contributed by atoms with Gasteiger partial charge in [0.05, 0.1) is 12.6 Å². The van der Waals surface area contributed by atoms with E-state index in [2.05, 4.69) is 13.8 Å². The van der Waals surface area contributed by atoms with E-state index >= 15 is 0 Å². The van der Waals surface area contributed by atoms with Crippen molar-refractivity contribution in [3.8, 4) is 0 Å². The molecule has 0 aromatic heterocycles. The smallest absolute Gasteiger partial charge is 0.410 e. The van der Waals surface area contributed by atoms with E-state index in [4.69, 9.17) is 4.74 Å². The Hall–Kier alpha value is -1.55. The summed E-state index contributed by atoms with van der Waals surface area (Å²) in [7, 11) is 1.62. The van der Waals surface area contributed by atoms with Gasteiger partial charge in [-0.3, -0.25) is 0 Å². The number of rotatable bonds is 4. The molecule has 0 saturated carbocycles. The summed E-state index contributed by atoms with van der Waals surface area (Å²) in [6, 6.07) is 7.83. The summed E-state index contributed by atoms with van der Waals surface area (Å²) in [5.41, 5.74) is 1.50. The predicted octanol–water partition coefficient (Wildman–Crippen LogP) is 3.71. The van der Waals surface area contributed by atoms with Crippen LogP contribution in [0.1, 0.15) is 57.8 Å². The van der Waals surface area contributed by atoms with Crippen LogP contribution in [-0.4, -0.2) is 35.3 Å². The maximum absolute atomic E-state index is 11.9. The van der Waals surface area contributed by atoms with Crippen molar-refractivity contribution in [2.24, 2.45) is 0 Å². The number of aliphatic hydroxyl groups is 1. The standard InChI is InChI=1S/C17H27NO3/c1-12(2)13-7-9-14(10-8-13)15(19)11-18(6)16(20)21-17(3,4)5/h7-10,12,15,19H,11H2,1-6H3. The fourth-order valence-corrected chi connectivity index (χ4v) is 1.88. The molecule has 4 heteroatoms. The minimum absolute atomic E-state index is 0.204. The molecule has 4 nitrogen and oxygen atoms in total. The van der Waals surface area contributed by atoms with Gasteiger partial charge in [0.1, 0.15) is 5.60 Å². The van der Waals surface area contributed by atoms with Crippen LogP contribution in [-0.2, 0) is 4.74 Å². The molecule has 1 rings (SSSR count). The summed E-state index contributed by atoms with van der Waals surface area (Å²) in [6.45, 7) is 9.92. The van der Waals surface area contributed by atoms with Crippen LogP contribution in [0, 0.1) is 0 Å². The normalized spacial score (nSPS) is 13.1. The Bertz CT molecular complexity index is 460. The lowest BCUT2D eigenvalue weighted by Crippen LogP contribution is -2.36. The maximum atomic E-state index is 11.9. The van der Waals surface area contributed by atoms with E-state index in [1.807, 2.05) is 45.0 Å². The molecule has 21 heavy (non-hydrogen) atoms. The Labute approximate surface area is 127 Å². The molecule has 118 valence electrons. The molecule has 1 aromatic carbocycles. The summed E-state index contributed by atoms with van der Waals surface area (Å²) in [5, 5.41) is 10.2. The second kappa shape index (κ2) is 6.94. The summed E-state index contributed by atoms with van der Waals surface area (Å²) in [6.07, 6.45) is -1.15. The van der Waals surface area contributed by atoms with Gasteiger partial charge in [0.25, 0.3) is 0 Å². The third-order valence-electron chi connectivity index (χ3n) is 3.14. The highest BCUT2D eigenvalue weighted by Crippen LogP contribution is 2.20. The summed E-state index contributed by atoms with van der Waals surface area (Å²) < 4.78 is 5.26. The van der Waals surface area contributed by atoms with E-state index in [0.29, 0.717) is 5.92 Å². The summed E-state index contributed by atoms with van der Waals surface area (Å²) in [4.78, 5) is 13.3. The quantitative estimate of drug-likeness (QED) is 0.920. The van der Waals surface area contributed by atoms with Crippen LogP contribution in [0.3, 0.4) is 0 Å². The molecule has 0 radical (unpaired) electrons. The molecule has 1 N–H and O–H groups in total. The molecule has 0 spiro atoms. The van der Waals surface area contributed by atoms with Crippen molar-refractivity contribution < 1.29 is 14.6 Å². The van der Waals surface area contributed by atoms with Gasteiger partial charge in [-0.2, -0.15) is 0 Å². The Morgan fingerprint density at radius 2 is 1.67 bits per heavy atom. The van der Waals surface area contributed by atoms with Crippen LogP contribution in [0.2, 0.25) is 0 Å². The Morgan fingerprint density at radius 1 is 1.19 bits per heavy atom. The molecule has 1 atom stereocenters. The van der Waals surface area contributed by atoms with Gasteiger partial charge in [-0.05, 0) is 37.8 Å². The number of aliphatic hydroxyl groups excluding tert-OH is 1. The van der Waals surface area contributed by atoms with Crippen LogP contribution in [0.25, 0.3) is 0 Å². The molecular formula is C17H27NO3. The van der Waals surface area contributed by atoms with Crippen LogP contribution in [0.5, 0.6) is 0 Å². The SMILES string of the molecule is CC(C)c1ccc(C(O)CN(C)C(=O)OC(C)(C)C)cc1. The van der Waals surface area contributed by atoms with Crippen LogP contribution in [0.15, 0.2) is 24.3 Å². The molecule has 1 aromatic rings. The number of hydrogen-bond acceptors (Lipinski definition) is 3. The van der Waals surface area contributed by atoms with Crippen LogP contribution >= 0.6 is 0 Å². The molecule has 0 heterocycles. The van der Waals surface area contributed by atoms with Gasteiger partial charge in [-0.1, -0.05) is 38.1 Å². The van der Waals surface area contributed by atoms with Gasteiger partial charge in [-0.25, -0.2) is 4.79 Å². The molecule has 0 aliphatic carbocycles. The molecule has 1 unspecified atom stereocenters. The van der Waals surface area contributed by atoms with Gasteiger partial charge in [-0.15, -0.1) is 0 Å². The number of carbonyl (C=O) groups is 1. The van der Waals surface area contributed by atoms with Gasteiger partial charge >= 0.3 is 6.09 Å².